The van der Waals surface area contributed by atoms with Gasteiger partial charge in [0.05, 0.1) is 33.5 Å². The molecule has 0 unspecified atom stereocenters. The zero-order valence-electron chi connectivity index (χ0n) is 9.01. The molecule has 2 rings (SSSR count). The van der Waals surface area contributed by atoms with Gasteiger partial charge in [-0.2, -0.15) is 5.10 Å². The van der Waals surface area contributed by atoms with Crippen LogP contribution in [0.3, 0.4) is 0 Å². The van der Waals surface area contributed by atoms with Gasteiger partial charge in [0, 0.05) is 5.02 Å². The second-order valence-corrected chi connectivity index (χ2v) is 5.20. The maximum atomic E-state index is 11.9. The highest BCUT2D eigenvalue weighted by molar-refractivity contribution is 9.10. The molecule has 0 bridgehead atoms. The third-order valence-corrected chi connectivity index (χ3v) is 3.51. The standard InChI is InChI=1S/C11H8BrCl2N3O/c12-8-4-16-17-10(8)5-15-11(18)7-3-6(13)1-2-9(7)14/h1-4H,5H2,(H,15,18)(H,16,17). The van der Waals surface area contributed by atoms with Crippen molar-refractivity contribution >= 4 is 45.0 Å². The smallest absolute Gasteiger partial charge is 0.253 e. The fourth-order valence-electron chi connectivity index (χ4n) is 1.36. The molecule has 0 saturated heterocycles. The minimum Gasteiger partial charge on any atom is -0.346 e. The molecule has 4 nitrogen and oxygen atoms in total. The Labute approximate surface area is 122 Å². The molecular formula is C11H8BrCl2N3O. The number of amides is 1. The average molecular weight is 349 g/mol. The Bertz CT molecular complexity index is 585. The van der Waals surface area contributed by atoms with Crippen LogP contribution in [0.4, 0.5) is 0 Å². The Morgan fingerprint density at radius 1 is 1.44 bits per heavy atom. The number of H-pyrrole nitrogens is 1. The minimum absolute atomic E-state index is 0.288. The highest BCUT2D eigenvalue weighted by Gasteiger charge is 2.11. The van der Waals surface area contributed by atoms with Gasteiger partial charge >= 0.3 is 0 Å². The van der Waals surface area contributed by atoms with E-state index < -0.39 is 0 Å². The number of benzene rings is 1. The number of rotatable bonds is 3. The van der Waals surface area contributed by atoms with Crippen molar-refractivity contribution in [3.8, 4) is 0 Å². The van der Waals surface area contributed by atoms with E-state index >= 15 is 0 Å². The highest BCUT2D eigenvalue weighted by Crippen LogP contribution is 2.20. The topological polar surface area (TPSA) is 57.8 Å². The molecule has 1 aromatic carbocycles. The average Bonchev–Trinajstić information content (AvgIpc) is 2.75. The van der Waals surface area contributed by atoms with E-state index in [4.69, 9.17) is 23.2 Å². The number of halogens is 3. The van der Waals surface area contributed by atoms with Crippen LogP contribution in [0.5, 0.6) is 0 Å². The molecule has 0 aliphatic heterocycles. The fraction of sp³-hybridized carbons (Fsp3) is 0.0909. The molecule has 0 atom stereocenters. The zero-order chi connectivity index (χ0) is 13.1. The molecule has 0 radical (unpaired) electrons. The molecule has 0 fully saturated rings. The van der Waals surface area contributed by atoms with E-state index in [2.05, 4.69) is 31.4 Å². The summed E-state index contributed by atoms with van der Waals surface area (Å²) in [5.74, 6) is -0.288. The van der Waals surface area contributed by atoms with Crippen LogP contribution < -0.4 is 5.32 Å². The van der Waals surface area contributed by atoms with Gasteiger partial charge in [-0.05, 0) is 34.1 Å². The van der Waals surface area contributed by atoms with Crippen molar-refractivity contribution in [1.29, 1.82) is 0 Å². The summed E-state index contributed by atoms with van der Waals surface area (Å²) in [6.07, 6.45) is 1.62. The monoisotopic (exact) mass is 347 g/mol. The van der Waals surface area contributed by atoms with Crippen LogP contribution in [-0.4, -0.2) is 16.1 Å². The lowest BCUT2D eigenvalue weighted by atomic mass is 10.2. The lowest BCUT2D eigenvalue weighted by Crippen LogP contribution is -2.23. The number of aromatic amines is 1. The third kappa shape index (κ3) is 3.04. The van der Waals surface area contributed by atoms with E-state index in [0.29, 0.717) is 22.2 Å². The first-order valence-electron chi connectivity index (χ1n) is 4.99. The van der Waals surface area contributed by atoms with Gasteiger partial charge in [-0.3, -0.25) is 9.89 Å². The van der Waals surface area contributed by atoms with Crippen LogP contribution in [0.2, 0.25) is 10.0 Å². The molecule has 2 aromatic rings. The summed E-state index contributed by atoms with van der Waals surface area (Å²) in [6, 6.07) is 4.75. The van der Waals surface area contributed by atoms with Crippen molar-refractivity contribution in [3.05, 3.63) is 50.2 Å². The lowest BCUT2D eigenvalue weighted by molar-refractivity contribution is 0.0950. The maximum absolute atomic E-state index is 11.9. The van der Waals surface area contributed by atoms with Crippen molar-refractivity contribution in [2.24, 2.45) is 0 Å². The molecule has 0 aliphatic carbocycles. The molecule has 0 saturated carbocycles. The van der Waals surface area contributed by atoms with E-state index in [9.17, 15) is 4.79 Å². The first-order chi connectivity index (χ1) is 8.58. The quantitative estimate of drug-likeness (QED) is 0.892. The van der Waals surface area contributed by atoms with Crippen molar-refractivity contribution in [2.75, 3.05) is 0 Å². The Morgan fingerprint density at radius 2 is 2.22 bits per heavy atom. The van der Waals surface area contributed by atoms with Crippen molar-refractivity contribution in [1.82, 2.24) is 15.5 Å². The molecule has 7 heteroatoms. The third-order valence-electron chi connectivity index (χ3n) is 2.26. The summed E-state index contributed by atoms with van der Waals surface area (Å²) in [7, 11) is 0. The van der Waals surface area contributed by atoms with E-state index in [1.54, 1.807) is 18.3 Å². The lowest BCUT2D eigenvalue weighted by Gasteiger charge is -2.06. The normalized spacial score (nSPS) is 10.4. The van der Waals surface area contributed by atoms with Crippen LogP contribution >= 0.6 is 39.1 Å². The van der Waals surface area contributed by atoms with Gasteiger partial charge < -0.3 is 5.32 Å². The number of nitrogens with zero attached hydrogens (tertiary/aromatic N) is 1. The molecule has 1 amide bonds. The minimum atomic E-state index is -0.288. The summed E-state index contributed by atoms with van der Waals surface area (Å²) >= 11 is 15.1. The second kappa shape index (κ2) is 5.73. The summed E-state index contributed by atoms with van der Waals surface area (Å²) < 4.78 is 0.806. The zero-order valence-corrected chi connectivity index (χ0v) is 12.1. The Balaban J connectivity index is 2.08. The predicted octanol–water partition coefficient (Wildman–Crippen LogP) is 3.41. The summed E-state index contributed by atoms with van der Waals surface area (Å²) in [6.45, 7) is 0.322. The van der Waals surface area contributed by atoms with E-state index in [0.717, 1.165) is 10.2 Å². The fourth-order valence-corrected chi connectivity index (χ4v) is 2.06. The van der Waals surface area contributed by atoms with Crippen molar-refractivity contribution < 1.29 is 4.79 Å². The van der Waals surface area contributed by atoms with Gasteiger partial charge in [0.25, 0.3) is 5.91 Å². The Hall–Kier alpha value is -1.04. The summed E-state index contributed by atoms with van der Waals surface area (Å²) in [5, 5.41) is 10.2. The van der Waals surface area contributed by atoms with Gasteiger partial charge in [0.1, 0.15) is 0 Å². The second-order valence-electron chi connectivity index (χ2n) is 3.50. The number of carbonyl (C=O) groups excluding carboxylic acids is 1. The molecule has 2 N–H and O–H groups in total. The van der Waals surface area contributed by atoms with Crippen molar-refractivity contribution in [3.63, 3.8) is 0 Å². The van der Waals surface area contributed by atoms with E-state index in [1.807, 2.05) is 0 Å². The van der Waals surface area contributed by atoms with Gasteiger partial charge in [0.2, 0.25) is 0 Å². The maximum Gasteiger partial charge on any atom is 0.253 e. The highest BCUT2D eigenvalue weighted by atomic mass is 79.9. The van der Waals surface area contributed by atoms with Crippen LogP contribution in [-0.2, 0) is 6.54 Å². The van der Waals surface area contributed by atoms with Gasteiger partial charge in [-0.25, -0.2) is 0 Å². The molecule has 0 aliphatic rings. The number of aromatic nitrogens is 2. The summed E-state index contributed by atoms with van der Waals surface area (Å²) in [4.78, 5) is 11.9. The van der Waals surface area contributed by atoms with Crippen LogP contribution in [0.25, 0.3) is 0 Å². The van der Waals surface area contributed by atoms with E-state index in [-0.39, 0.29) is 5.91 Å². The molecular weight excluding hydrogens is 341 g/mol. The Kier molecular flexibility index (Phi) is 4.27. The van der Waals surface area contributed by atoms with Gasteiger partial charge in [-0.15, -0.1) is 0 Å². The van der Waals surface area contributed by atoms with Gasteiger partial charge in [-0.1, -0.05) is 23.2 Å². The molecule has 1 aromatic heterocycles. The predicted molar refractivity (Wildman–Crippen MR) is 73.9 cm³/mol. The number of hydrogen-bond donors (Lipinski definition) is 2. The van der Waals surface area contributed by atoms with Gasteiger partial charge in [0.15, 0.2) is 0 Å². The molecule has 18 heavy (non-hydrogen) atoms. The van der Waals surface area contributed by atoms with Crippen LogP contribution in [0.15, 0.2) is 28.9 Å². The van der Waals surface area contributed by atoms with Crippen LogP contribution in [0.1, 0.15) is 16.1 Å². The first-order valence-corrected chi connectivity index (χ1v) is 6.54. The first kappa shape index (κ1) is 13.4. The number of hydrogen-bond acceptors (Lipinski definition) is 2. The number of carbonyl (C=O) groups is 1. The molecule has 0 spiro atoms. The molecule has 1 heterocycles. The SMILES string of the molecule is O=C(NCc1[nH]ncc1Br)c1cc(Cl)ccc1Cl. The van der Waals surface area contributed by atoms with Crippen LogP contribution in [0, 0.1) is 0 Å². The summed E-state index contributed by atoms with van der Waals surface area (Å²) in [5.41, 5.74) is 1.13. The number of nitrogens with one attached hydrogen (secondary N) is 2. The Morgan fingerprint density at radius 3 is 2.89 bits per heavy atom. The largest absolute Gasteiger partial charge is 0.346 e. The van der Waals surface area contributed by atoms with E-state index in [1.165, 1.54) is 6.07 Å². The van der Waals surface area contributed by atoms with Crippen molar-refractivity contribution in [2.45, 2.75) is 6.54 Å². The molecule has 94 valence electrons.